The van der Waals surface area contributed by atoms with Crippen molar-refractivity contribution in [2.24, 2.45) is 0 Å². The van der Waals surface area contributed by atoms with E-state index >= 15 is 0 Å². The van der Waals surface area contributed by atoms with Crippen LogP contribution >= 0.6 is 30.2 Å². The molecule has 0 atom stereocenters. The van der Waals surface area contributed by atoms with Gasteiger partial charge in [-0.25, -0.2) is 0 Å². The van der Waals surface area contributed by atoms with Gasteiger partial charge in [-0.2, -0.15) is 35.0 Å². The minimum atomic E-state index is 0. The summed E-state index contributed by atoms with van der Waals surface area (Å²) in [7, 11) is 0. The molecule has 0 heterocycles. The van der Waals surface area contributed by atoms with Crippen molar-refractivity contribution >= 4 is 57.1 Å². The summed E-state index contributed by atoms with van der Waals surface area (Å²) in [5.74, 6) is 0. The van der Waals surface area contributed by atoms with E-state index in [1.54, 1.807) is 23.6 Å². The number of fused-ring (bicyclic) bond motifs is 2. The molecule has 0 N–H and O–H groups in total. The zero-order chi connectivity index (χ0) is 18.0. The maximum absolute atomic E-state index is 2.15. The van der Waals surface area contributed by atoms with Crippen molar-refractivity contribution in [2.75, 3.05) is 0 Å². The fourth-order valence-electron chi connectivity index (χ4n) is 2.64. The van der Waals surface area contributed by atoms with Gasteiger partial charge in [-0.15, -0.1) is 84.1 Å². The second kappa shape index (κ2) is 13.8. The van der Waals surface area contributed by atoms with Crippen molar-refractivity contribution in [3.8, 4) is 0 Å². The van der Waals surface area contributed by atoms with Crippen molar-refractivity contribution in [2.45, 2.75) is 0 Å². The smallest absolute Gasteiger partial charge is 0.0809 e. The van der Waals surface area contributed by atoms with Crippen LogP contribution in [0, 0.1) is 0 Å². The average molecular weight is 503 g/mol. The van der Waals surface area contributed by atoms with Crippen LogP contribution in [0.2, 0.25) is 0 Å². The normalized spacial score (nSPS) is 9.36. The van der Waals surface area contributed by atoms with E-state index < -0.39 is 0 Å². The second-order valence-corrected chi connectivity index (χ2v) is 8.15. The predicted molar refractivity (Wildman–Crippen MR) is 127 cm³/mol. The molecule has 0 unspecified atom stereocenters. The van der Waals surface area contributed by atoms with E-state index in [-0.39, 0.29) is 24.8 Å². The first kappa shape index (κ1) is 24.7. The van der Waals surface area contributed by atoms with E-state index in [2.05, 4.69) is 109 Å². The van der Waals surface area contributed by atoms with E-state index in [1.807, 2.05) is 6.07 Å². The number of hydrogen-bond acceptors (Lipinski definition) is 0. The van der Waals surface area contributed by atoms with Crippen molar-refractivity contribution in [3.05, 3.63) is 115 Å². The molecule has 0 saturated heterocycles. The maximum atomic E-state index is 2.15. The van der Waals surface area contributed by atoms with Gasteiger partial charge < -0.3 is 0 Å². The van der Waals surface area contributed by atoms with Gasteiger partial charge in [-0.05, 0) is 0 Å². The van der Waals surface area contributed by atoms with Crippen LogP contribution in [-0.4, -0.2) is 0 Å². The summed E-state index contributed by atoms with van der Waals surface area (Å²) in [5.41, 5.74) is 0. The number of rotatable bonds is 1. The Labute approximate surface area is 194 Å². The van der Waals surface area contributed by atoms with Crippen LogP contribution in [-0.2, 0) is 23.6 Å². The Hall–Kier alpha value is -1.36. The second-order valence-electron chi connectivity index (χ2n) is 5.76. The minimum absolute atomic E-state index is 0. The summed E-state index contributed by atoms with van der Waals surface area (Å²) in [6, 6.07) is 39.8. The quantitative estimate of drug-likeness (QED) is 0.163. The molecule has 0 bridgehead atoms. The van der Waals surface area contributed by atoms with Gasteiger partial charge in [0.05, 0.1) is 0 Å². The van der Waals surface area contributed by atoms with Crippen molar-refractivity contribution < 1.29 is 23.6 Å². The van der Waals surface area contributed by atoms with Gasteiger partial charge >= 0.3 is 64.6 Å². The van der Waals surface area contributed by atoms with Crippen LogP contribution in [0.1, 0.15) is 0 Å². The Kier molecular flexibility index (Phi) is 12.1. The molecule has 5 aromatic rings. The van der Waals surface area contributed by atoms with Crippen LogP contribution in [0.3, 0.4) is 0 Å². The van der Waals surface area contributed by atoms with Gasteiger partial charge in [-0.3, -0.25) is 0 Å². The molecule has 0 amide bonds. The molecule has 5 aromatic carbocycles. The molecule has 0 aliphatic heterocycles. The van der Waals surface area contributed by atoms with Crippen LogP contribution < -0.4 is 5.30 Å². The molecule has 0 nitrogen and oxygen atoms in total. The summed E-state index contributed by atoms with van der Waals surface area (Å²) in [4.78, 5) is 0. The molecule has 0 aromatic heterocycles. The summed E-state index contributed by atoms with van der Waals surface area (Å²) in [5, 5.41) is 8.19. The fraction of sp³-hybridized carbons (Fsp3) is 0. The Morgan fingerprint density at radius 2 is 0.964 bits per heavy atom. The molecule has 0 spiro atoms. The predicted octanol–water partition coefficient (Wildman–Crippen LogP) is 7.68. The van der Waals surface area contributed by atoms with Crippen molar-refractivity contribution in [1.29, 1.82) is 0 Å². The van der Waals surface area contributed by atoms with Gasteiger partial charge in [0.15, 0.2) is 0 Å². The average Bonchev–Trinajstić information content (AvgIpc) is 3.38. The van der Waals surface area contributed by atoms with E-state index in [1.165, 1.54) is 32.3 Å². The van der Waals surface area contributed by atoms with Gasteiger partial charge in [0.25, 0.3) is 0 Å². The number of benzene rings is 3. The fourth-order valence-corrected chi connectivity index (χ4v) is 4.06. The summed E-state index contributed by atoms with van der Waals surface area (Å²) >= 11 is 1.56. The van der Waals surface area contributed by atoms with Crippen LogP contribution in [0.4, 0.5) is 0 Å². The molecule has 28 heavy (non-hydrogen) atoms. The van der Waals surface area contributed by atoms with Gasteiger partial charge in [0, 0.05) is 0 Å². The van der Waals surface area contributed by atoms with E-state index in [0.717, 1.165) is 0 Å². The third kappa shape index (κ3) is 7.58. The Balaban J connectivity index is 0.000000203. The Morgan fingerprint density at radius 3 is 1.36 bits per heavy atom. The van der Waals surface area contributed by atoms with Gasteiger partial charge in [0.2, 0.25) is 0 Å². The monoisotopic (exact) mass is 500 g/mol. The standard InChI is InChI=1S/2C9H7.C6H5P.2ClH.Zr/c2*1-2-5-9-7-3-6-8(9)4-1;7-6-4-2-1-3-5-6;;;/h2*1-7H;1-5H;2*1H;/q2*-1;;;;+2. The molecule has 4 heteroatoms. The molecule has 0 aliphatic rings. The summed E-state index contributed by atoms with van der Waals surface area (Å²) in [6.07, 6.45) is 0. The first-order chi connectivity index (χ1) is 12.9. The molecule has 5 rings (SSSR count). The maximum Gasteiger partial charge on any atom is -0.0809 e. The SMILES string of the molecule is Cl.Cl.[Zr+2]=[P]c1ccccc1.c1ccc2[cH-]ccc2c1.c1ccc2[cH-]ccc2c1. The van der Waals surface area contributed by atoms with Crippen molar-refractivity contribution in [3.63, 3.8) is 0 Å². The van der Waals surface area contributed by atoms with Crippen molar-refractivity contribution in [1.82, 2.24) is 0 Å². The zero-order valence-corrected chi connectivity index (χ0v) is 20.2. The first-order valence-corrected chi connectivity index (χ1v) is 12.7. The largest absolute Gasteiger partial charge is 0.168 e. The summed E-state index contributed by atoms with van der Waals surface area (Å²) in [6.45, 7) is 0. The van der Waals surface area contributed by atoms with E-state index in [4.69, 9.17) is 0 Å². The third-order valence-electron chi connectivity index (χ3n) is 3.98. The third-order valence-corrected chi connectivity index (χ3v) is 6.44. The van der Waals surface area contributed by atoms with Crippen LogP contribution in [0.15, 0.2) is 115 Å². The topological polar surface area (TPSA) is 0 Å². The zero-order valence-electron chi connectivity index (χ0n) is 15.2. The number of hydrogen-bond donors (Lipinski definition) is 0. The molecular weight excluding hydrogens is 481 g/mol. The van der Waals surface area contributed by atoms with E-state index in [9.17, 15) is 0 Å². The van der Waals surface area contributed by atoms with Crippen LogP contribution in [0.5, 0.6) is 0 Å². The first-order valence-electron chi connectivity index (χ1n) is 8.50. The van der Waals surface area contributed by atoms with Gasteiger partial charge in [0.1, 0.15) is 0 Å². The molecule has 0 saturated carbocycles. The molecule has 140 valence electrons. The van der Waals surface area contributed by atoms with Gasteiger partial charge in [-0.1, -0.05) is 12.1 Å². The number of halogens is 2. The van der Waals surface area contributed by atoms with Crippen LogP contribution in [0.25, 0.3) is 21.5 Å². The Bertz CT molecular complexity index is 941. The molecular formula is C24H21Cl2PZr. The molecule has 0 radical (unpaired) electrons. The molecule has 0 fully saturated rings. The molecule has 0 aliphatic carbocycles. The summed E-state index contributed by atoms with van der Waals surface area (Å²) < 4.78 is 0. The minimum Gasteiger partial charge on any atom is -0.168 e. The van der Waals surface area contributed by atoms with E-state index in [0.29, 0.717) is 0 Å². The Morgan fingerprint density at radius 1 is 0.536 bits per heavy atom.